The van der Waals surface area contributed by atoms with E-state index < -0.39 is 17.7 Å². The van der Waals surface area contributed by atoms with Crippen molar-refractivity contribution in [3.63, 3.8) is 0 Å². The molecule has 0 aromatic heterocycles. The Kier molecular flexibility index (Phi) is 4.60. The van der Waals surface area contributed by atoms with Gasteiger partial charge in [-0.1, -0.05) is 43.7 Å². The van der Waals surface area contributed by atoms with E-state index in [-0.39, 0.29) is 12.2 Å². The Hall–Kier alpha value is -0.980. The van der Waals surface area contributed by atoms with Crippen LogP contribution in [0, 0.1) is 30.6 Å². The summed E-state index contributed by atoms with van der Waals surface area (Å²) in [7, 11) is 0. The van der Waals surface area contributed by atoms with Gasteiger partial charge < -0.3 is 14.2 Å². The molecule has 1 saturated carbocycles. The van der Waals surface area contributed by atoms with Crippen molar-refractivity contribution >= 4 is 0 Å². The standard InChI is InChI=1S/C23H32O5/c1-14-5-8-17(9-6-14)13-24-20-16(3)19-10-7-15(2)18-11-12-22(4)26-21(25-20)23(18,19)28-27-22/h5-6,8-9,15-16,18-21H,7,10-13H2,1-4H3/t15-,16-,18?,19?,20+,21-,22+,23-/m1/s1. The van der Waals surface area contributed by atoms with Gasteiger partial charge in [0.2, 0.25) is 5.79 Å². The third-order valence-electron chi connectivity index (χ3n) is 7.63. The van der Waals surface area contributed by atoms with Crippen LogP contribution in [0.2, 0.25) is 0 Å². The molecule has 0 amide bonds. The monoisotopic (exact) mass is 388 g/mol. The summed E-state index contributed by atoms with van der Waals surface area (Å²) >= 11 is 0. The van der Waals surface area contributed by atoms with Crippen LogP contribution in [0.25, 0.3) is 0 Å². The largest absolute Gasteiger partial charge is 0.348 e. The molecule has 1 aromatic carbocycles. The maximum Gasteiger partial charge on any atom is 0.201 e. The minimum Gasteiger partial charge on any atom is -0.348 e. The topological polar surface area (TPSA) is 46.2 Å². The van der Waals surface area contributed by atoms with Crippen LogP contribution in [-0.4, -0.2) is 24.0 Å². The van der Waals surface area contributed by atoms with E-state index in [4.69, 9.17) is 24.0 Å². The Bertz CT molecular complexity index is 720. The predicted octanol–water partition coefficient (Wildman–Crippen LogP) is 4.72. The fourth-order valence-electron chi connectivity index (χ4n) is 5.93. The molecule has 5 heteroatoms. The highest BCUT2D eigenvalue weighted by Gasteiger charge is 2.69. The molecule has 28 heavy (non-hydrogen) atoms. The van der Waals surface area contributed by atoms with Crippen LogP contribution in [0.5, 0.6) is 0 Å². The van der Waals surface area contributed by atoms with Gasteiger partial charge in [0, 0.05) is 18.3 Å². The van der Waals surface area contributed by atoms with E-state index in [0.29, 0.717) is 24.4 Å². The lowest BCUT2D eigenvalue weighted by Gasteiger charge is -2.60. The highest BCUT2D eigenvalue weighted by Crippen LogP contribution is 2.60. The summed E-state index contributed by atoms with van der Waals surface area (Å²) in [5, 5.41) is 0. The Morgan fingerprint density at radius 1 is 1.04 bits per heavy atom. The average Bonchev–Trinajstić information content (AvgIpc) is 2.91. The Morgan fingerprint density at radius 2 is 1.82 bits per heavy atom. The quantitative estimate of drug-likeness (QED) is 0.701. The lowest BCUT2D eigenvalue weighted by Crippen LogP contribution is -2.70. The van der Waals surface area contributed by atoms with E-state index in [0.717, 1.165) is 24.8 Å². The van der Waals surface area contributed by atoms with Crippen LogP contribution in [0.1, 0.15) is 57.6 Å². The van der Waals surface area contributed by atoms with E-state index in [9.17, 15) is 0 Å². The number of benzene rings is 1. The molecule has 2 unspecified atom stereocenters. The SMILES string of the molecule is Cc1ccc(CO[C@H]2O[C@@H]3O[C@]4(C)CCC5[C@H](C)CCC([C@H]2C)[C@]53OO4)cc1. The maximum absolute atomic E-state index is 6.45. The minimum atomic E-state index is -0.736. The van der Waals surface area contributed by atoms with E-state index in [1.807, 2.05) is 6.92 Å². The highest BCUT2D eigenvalue weighted by atomic mass is 17.3. The van der Waals surface area contributed by atoms with Crippen molar-refractivity contribution in [3.8, 4) is 0 Å². The van der Waals surface area contributed by atoms with Gasteiger partial charge in [-0.15, -0.1) is 0 Å². The van der Waals surface area contributed by atoms with Gasteiger partial charge in [0.1, 0.15) is 0 Å². The molecule has 4 heterocycles. The summed E-state index contributed by atoms with van der Waals surface area (Å²) in [6, 6.07) is 8.46. The van der Waals surface area contributed by atoms with Gasteiger partial charge in [-0.3, -0.25) is 0 Å². The van der Waals surface area contributed by atoms with E-state index in [2.05, 4.69) is 45.0 Å². The molecular weight excluding hydrogens is 356 g/mol. The first kappa shape index (κ1) is 19.0. The third-order valence-corrected chi connectivity index (χ3v) is 7.63. The van der Waals surface area contributed by atoms with Gasteiger partial charge in [0.25, 0.3) is 0 Å². The number of fused-ring (bicyclic) bond motifs is 2. The van der Waals surface area contributed by atoms with Crippen LogP contribution in [0.3, 0.4) is 0 Å². The van der Waals surface area contributed by atoms with Crippen molar-refractivity contribution in [2.24, 2.45) is 23.7 Å². The molecule has 154 valence electrons. The molecule has 5 fully saturated rings. The smallest absolute Gasteiger partial charge is 0.201 e. The van der Waals surface area contributed by atoms with Crippen molar-refractivity contribution in [1.82, 2.24) is 0 Å². The molecule has 2 bridgehead atoms. The van der Waals surface area contributed by atoms with Crippen LogP contribution in [-0.2, 0) is 30.6 Å². The van der Waals surface area contributed by atoms with Crippen molar-refractivity contribution in [2.45, 2.75) is 84.0 Å². The zero-order valence-corrected chi connectivity index (χ0v) is 17.4. The van der Waals surface area contributed by atoms with Gasteiger partial charge in [0.15, 0.2) is 18.2 Å². The van der Waals surface area contributed by atoms with Crippen LogP contribution < -0.4 is 0 Å². The number of hydrogen-bond donors (Lipinski definition) is 0. The molecule has 1 spiro atoms. The van der Waals surface area contributed by atoms with Gasteiger partial charge in [-0.25, -0.2) is 9.78 Å². The predicted molar refractivity (Wildman–Crippen MR) is 103 cm³/mol. The van der Waals surface area contributed by atoms with E-state index >= 15 is 0 Å². The molecule has 6 rings (SSSR count). The molecule has 0 N–H and O–H groups in total. The summed E-state index contributed by atoms with van der Waals surface area (Å²) < 4.78 is 19.1. The first-order chi connectivity index (χ1) is 13.4. The molecular formula is C23H32O5. The van der Waals surface area contributed by atoms with Crippen molar-refractivity contribution < 1.29 is 24.0 Å². The van der Waals surface area contributed by atoms with E-state index in [1.165, 1.54) is 12.0 Å². The molecule has 8 atom stereocenters. The summed E-state index contributed by atoms with van der Waals surface area (Å²) in [5.74, 6) is 0.748. The molecule has 5 nitrogen and oxygen atoms in total. The summed E-state index contributed by atoms with van der Waals surface area (Å²) in [6.07, 6.45) is 3.44. The van der Waals surface area contributed by atoms with Crippen LogP contribution in [0.15, 0.2) is 24.3 Å². The first-order valence-corrected chi connectivity index (χ1v) is 10.8. The normalized spacial score (nSPS) is 47.4. The van der Waals surface area contributed by atoms with Crippen LogP contribution in [0.4, 0.5) is 0 Å². The summed E-state index contributed by atoms with van der Waals surface area (Å²) in [6.45, 7) is 9.15. The lowest BCUT2D eigenvalue weighted by molar-refractivity contribution is -0.577. The van der Waals surface area contributed by atoms with Gasteiger partial charge in [0.05, 0.1) is 6.61 Å². The second-order valence-electron chi connectivity index (χ2n) is 9.57. The maximum atomic E-state index is 6.45. The molecule has 0 radical (unpaired) electrons. The second kappa shape index (κ2) is 6.78. The highest BCUT2D eigenvalue weighted by molar-refractivity contribution is 5.20. The van der Waals surface area contributed by atoms with Gasteiger partial charge in [-0.05, 0) is 50.5 Å². The summed E-state index contributed by atoms with van der Waals surface area (Å²) in [5.41, 5.74) is 1.90. The molecule has 4 saturated heterocycles. The molecule has 1 aromatic rings. The van der Waals surface area contributed by atoms with Crippen LogP contribution >= 0.6 is 0 Å². The number of rotatable bonds is 3. The zero-order chi connectivity index (χ0) is 19.5. The number of aryl methyl sites for hydroxylation is 1. The minimum absolute atomic E-state index is 0.214. The molecule has 1 aliphatic carbocycles. The Balaban J connectivity index is 1.40. The first-order valence-electron chi connectivity index (χ1n) is 10.8. The number of hydrogen-bond acceptors (Lipinski definition) is 5. The van der Waals surface area contributed by atoms with Crippen molar-refractivity contribution in [3.05, 3.63) is 35.4 Å². The van der Waals surface area contributed by atoms with E-state index in [1.54, 1.807) is 0 Å². The fraction of sp³-hybridized carbons (Fsp3) is 0.739. The lowest BCUT2D eigenvalue weighted by atomic mass is 9.58. The van der Waals surface area contributed by atoms with Gasteiger partial charge >= 0.3 is 0 Å². The number of ether oxygens (including phenoxy) is 3. The fourth-order valence-corrected chi connectivity index (χ4v) is 5.93. The zero-order valence-electron chi connectivity index (χ0n) is 17.4. The second-order valence-corrected chi connectivity index (χ2v) is 9.57. The average molecular weight is 389 g/mol. The van der Waals surface area contributed by atoms with Gasteiger partial charge in [-0.2, -0.15) is 0 Å². The third kappa shape index (κ3) is 2.86. The summed E-state index contributed by atoms with van der Waals surface area (Å²) in [4.78, 5) is 12.0. The van der Waals surface area contributed by atoms with Crippen molar-refractivity contribution in [1.29, 1.82) is 0 Å². The Morgan fingerprint density at radius 3 is 2.61 bits per heavy atom. The molecule has 4 aliphatic heterocycles. The van der Waals surface area contributed by atoms with Crippen molar-refractivity contribution in [2.75, 3.05) is 0 Å². The molecule has 5 aliphatic rings. The Labute approximate surface area is 167 Å².